The maximum absolute atomic E-state index is 13.1. The van der Waals surface area contributed by atoms with Crippen LogP contribution in [0.4, 0.5) is 5.13 Å². The van der Waals surface area contributed by atoms with Gasteiger partial charge in [0.15, 0.2) is 5.13 Å². The second-order valence-electron chi connectivity index (χ2n) is 5.88. The SMILES string of the molecule is COc1ccc2sc(N(Cc3ccccn3)C(=O)c3cc(C)no3)nc2c1. The highest BCUT2D eigenvalue weighted by molar-refractivity contribution is 7.22. The minimum atomic E-state index is -0.313. The summed E-state index contributed by atoms with van der Waals surface area (Å²) in [6.07, 6.45) is 1.69. The van der Waals surface area contributed by atoms with Crippen LogP contribution in [0.3, 0.4) is 0 Å². The number of benzene rings is 1. The van der Waals surface area contributed by atoms with Crippen LogP contribution in [0.15, 0.2) is 53.2 Å². The van der Waals surface area contributed by atoms with E-state index in [9.17, 15) is 4.79 Å². The number of aryl methyl sites for hydroxylation is 1. The van der Waals surface area contributed by atoms with Gasteiger partial charge in [0.05, 0.1) is 35.3 Å². The Labute approximate surface area is 159 Å². The van der Waals surface area contributed by atoms with Gasteiger partial charge < -0.3 is 9.26 Å². The van der Waals surface area contributed by atoms with Gasteiger partial charge in [-0.15, -0.1) is 0 Å². The van der Waals surface area contributed by atoms with E-state index in [2.05, 4.69) is 15.1 Å². The van der Waals surface area contributed by atoms with Crippen molar-refractivity contribution in [1.82, 2.24) is 15.1 Å². The fraction of sp³-hybridized carbons (Fsp3) is 0.158. The molecule has 4 rings (SSSR count). The van der Waals surface area contributed by atoms with Crippen molar-refractivity contribution in [3.8, 4) is 5.75 Å². The molecule has 136 valence electrons. The van der Waals surface area contributed by atoms with Gasteiger partial charge in [-0.2, -0.15) is 0 Å². The number of fused-ring (bicyclic) bond motifs is 1. The molecule has 1 amide bonds. The van der Waals surface area contributed by atoms with Crippen LogP contribution in [-0.2, 0) is 6.54 Å². The van der Waals surface area contributed by atoms with E-state index in [4.69, 9.17) is 9.26 Å². The predicted octanol–water partition coefficient (Wildman–Crippen LogP) is 3.84. The van der Waals surface area contributed by atoms with Crippen molar-refractivity contribution >= 4 is 32.6 Å². The number of methoxy groups -OCH3 is 1. The van der Waals surface area contributed by atoms with Gasteiger partial charge in [-0.1, -0.05) is 22.6 Å². The average Bonchev–Trinajstić information content (AvgIpc) is 3.31. The lowest BCUT2D eigenvalue weighted by molar-refractivity contribution is 0.0949. The number of anilines is 1. The molecule has 0 unspecified atom stereocenters. The van der Waals surface area contributed by atoms with Crippen molar-refractivity contribution in [3.63, 3.8) is 0 Å². The molecule has 0 saturated carbocycles. The van der Waals surface area contributed by atoms with Gasteiger partial charge in [0.2, 0.25) is 5.76 Å². The number of carbonyl (C=O) groups excluding carboxylic acids is 1. The summed E-state index contributed by atoms with van der Waals surface area (Å²) in [5.74, 6) is 0.570. The standard InChI is InChI=1S/C19H16N4O3S/c1-12-9-16(26-22-12)18(24)23(11-13-5-3-4-8-20-13)19-21-15-10-14(25-2)6-7-17(15)27-19/h3-10H,11H2,1-2H3. The van der Waals surface area contributed by atoms with Gasteiger partial charge in [0, 0.05) is 18.3 Å². The summed E-state index contributed by atoms with van der Waals surface area (Å²) >= 11 is 1.42. The summed E-state index contributed by atoms with van der Waals surface area (Å²) in [5.41, 5.74) is 2.16. The Kier molecular flexibility index (Phi) is 4.55. The monoisotopic (exact) mass is 380 g/mol. The minimum absolute atomic E-state index is 0.167. The third-order valence-corrected chi connectivity index (χ3v) is 5.00. The van der Waals surface area contributed by atoms with Crippen molar-refractivity contribution in [3.05, 3.63) is 65.8 Å². The second kappa shape index (κ2) is 7.16. The molecule has 0 radical (unpaired) electrons. The van der Waals surface area contributed by atoms with E-state index in [1.807, 2.05) is 36.4 Å². The quantitative estimate of drug-likeness (QED) is 0.523. The predicted molar refractivity (Wildman–Crippen MR) is 102 cm³/mol. The molecular weight excluding hydrogens is 364 g/mol. The average molecular weight is 380 g/mol. The van der Waals surface area contributed by atoms with Crippen LogP contribution in [0.2, 0.25) is 0 Å². The normalized spacial score (nSPS) is 10.9. The third-order valence-electron chi connectivity index (χ3n) is 3.94. The van der Waals surface area contributed by atoms with Gasteiger partial charge >= 0.3 is 0 Å². The van der Waals surface area contributed by atoms with Crippen LogP contribution in [0.25, 0.3) is 10.2 Å². The second-order valence-corrected chi connectivity index (χ2v) is 6.88. The summed E-state index contributed by atoms with van der Waals surface area (Å²) in [4.78, 5) is 23.6. The van der Waals surface area contributed by atoms with Crippen LogP contribution < -0.4 is 9.64 Å². The van der Waals surface area contributed by atoms with E-state index in [0.29, 0.717) is 16.6 Å². The molecule has 0 aliphatic carbocycles. The zero-order valence-corrected chi connectivity index (χ0v) is 15.6. The van der Waals surface area contributed by atoms with Crippen molar-refractivity contribution in [1.29, 1.82) is 0 Å². The van der Waals surface area contributed by atoms with E-state index >= 15 is 0 Å². The zero-order chi connectivity index (χ0) is 18.8. The zero-order valence-electron chi connectivity index (χ0n) is 14.7. The number of amides is 1. The molecule has 0 aliphatic heterocycles. The Morgan fingerprint density at radius 2 is 2.15 bits per heavy atom. The maximum Gasteiger partial charge on any atom is 0.299 e. The van der Waals surface area contributed by atoms with Crippen molar-refractivity contribution in [2.45, 2.75) is 13.5 Å². The molecule has 0 N–H and O–H groups in total. The molecule has 3 aromatic heterocycles. The van der Waals surface area contributed by atoms with Crippen molar-refractivity contribution < 1.29 is 14.1 Å². The van der Waals surface area contributed by atoms with E-state index in [1.54, 1.807) is 31.2 Å². The van der Waals surface area contributed by atoms with E-state index in [1.165, 1.54) is 11.3 Å². The number of ether oxygens (including phenoxy) is 1. The van der Waals surface area contributed by atoms with Gasteiger partial charge in [-0.3, -0.25) is 14.7 Å². The molecular formula is C19H16N4O3S. The first-order valence-electron chi connectivity index (χ1n) is 8.24. The lowest BCUT2D eigenvalue weighted by Crippen LogP contribution is -2.30. The first-order valence-corrected chi connectivity index (χ1v) is 9.05. The summed E-state index contributed by atoms with van der Waals surface area (Å²) in [5, 5.41) is 4.37. The Balaban J connectivity index is 1.75. The number of pyridine rings is 1. The fourth-order valence-corrected chi connectivity index (χ4v) is 3.56. The summed E-state index contributed by atoms with van der Waals surface area (Å²) in [6.45, 7) is 2.05. The molecule has 0 spiro atoms. The number of hydrogen-bond acceptors (Lipinski definition) is 7. The van der Waals surface area contributed by atoms with Crippen molar-refractivity contribution in [2.75, 3.05) is 12.0 Å². The molecule has 1 aromatic carbocycles. The highest BCUT2D eigenvalue weighted by Gasteiger charge is 2.25. The highest BCUT2D eigenvalue weighted by atomic mass is 32.1. The first kappa shape index (κ1) is 17.2. The summed E-state index contributed by atoms with van der Waals surface area (Å²) < 4.78 is 11.4. The Hall–Kier alpha value is -3.26. The molecule has 0 atom stereocenters. The first-order chi connectivity index (χ1) is 13.1. The smallest absolute Gasteiger partial charge is 0.299 e. The molecule has 8 heteroatoms. The topological polar surface area (TPSA) is 81.4 Å². The van der Waals surface area contributed by atoms with Crippen LogP contribution in [-0.4, -0.2) is 28.1 Å². The van der Waals surface area contributed by atoms with Crippen LogP contribution >= 0.6 is 11.3 Å². The summed E-state index contributed by atoms with van der Waals surface area (Å²) in [7, 11) is 1.61. The molecule has 0 saturated heterocycles. The number of nitrogens with zero attached hydrogens (tertiary/aromatic N) is 4. The number of carbonyl (C=O) groups is 1. The fourth-order valence-electron chi connectivity index (χ4n) is 2.61. The largest absolute Gasteiger partial charge is 0.497 e. The number of thiazole rings is 1. The van der Waals surface area contributed by atoms with Gasteiger partial charge in [-0.05, 0) is 31.2 Å². The highest BCUT2D eigenvalue weighted by Crippen LogP contribution is 2.32. The Morgan fingerprint density at radius 3 is 2.85 bits per heavy atom. The molecule has 27 heavy (non-hydrogen) atoms. The molecule has 0 bridgehead atoms. The lowest BCUT2D eigenvalue weighted by Gasteiger charge is -2.17. The minimum Gasteiger partial charge on any atom is -0.497 e. The molecule has 0 aliphatic rings. The van der Waals surface area contributed by atoms with Gasteiger partial charge in [-0.25, -0.2) is 4.98 Å². The Bertz CT molecular complexity index is 1090. The molecule has 0 fully saturated rings. The van der Waals surface area contributed by atoms with Crippen LogP contribution in [0.1, 0.15) is 21.9 Å². The van der Waals surface area contributed by atoms with E-state index in [-0.39, 0.29) is 18.2 Å². The van der Waals surface area contributed by atoms with E-state index in [0.717, 1.165) is 15.9 Å². The molecule has 7 nitrogen and oxygen atoms in total. The molecule has 3 heterocycles. The van der Waals surface area contributed by atoms with Crippen molar-refractivity contribution in [2.24, 2.45) is 0 Å². The van der Waals surface area contributed by atoms with Crippen LogP contribution in [0.5, 0.6) is 5.75 Å². The van der Waals surface area contributed by atoms with E-state index < -0.39 is 0 Å². The third kappa shape index (κ3) is 3.52. The van der Waals surface area contributed by atoms with Gasteiger partial charge in [0.1, 0.15) is 5.75 Å². The Morgan fingerprint density at radius 1 is 1.26 bits per heavy atom. The number of hydrogen-bond donors (Lipinski definition) is 0. The van der Waals surface area contributed by atoms with Crippen LogP contribution in [0, 0.1) is 6.92 Å². The lowest BCUT2D eigenvalue weighted by atomic mass is 10.3. The maximum atomic E-state index is 13.1. The van der Waals surface area contributed by atoms with Gasteiger partial charge in [0.25, 0.3) is 5.91 Å². The number of aromatic nitrogens is 3. The molecule has 4 aromatic rings. The number of rotatable bonds is 5. The summed E-state index contributed by atoms with van der Waals surface area (Å²) in [6, 6.07) is 12.8.